The number of carbonyl (C=O) groups is 1. The second-order valence-corrected chi connectivity index (χ2v) is 7.83. The summed E-state index contributed by atoms with van der Waals surface area (Å²) in [6, 6.07) is 21.6. The third kappa shape index (κ3) is 4.67. The average molecular weight is 448 g/mol. The highest BCUT2D eigenvalue weighted by atomic mass is 79.9. The van der Waals surface area contributed by atoms with E-state index in [2.05, 4.69) is 25.8 Å². The SMILES string of the molecule is Cc1cc(/C=C(\C#N)C(=O)N[C@H](C)c2ccccc2)c(C)n1-c1ccc(Br)cc1. The predicted octanol–water partition coefficient (Wildman–Crippen LogP) is 5.64. The van der Waals surface area contributed by atoms with Crippen molar-refractivity contribution in [3.8, 4) is 11.8 Å². The van der Waals surface area contributed by atoms with Gasteiger partial charge in [-0.2, -0.15) is 5.26 Å². The third-order valence-electron chi connectivity index (χ3n) is 4.87. The van der Waals surface area contributed by atoms with Crippen LogP contribution in [0.1, 0.15) is 35.5 Å². The Kier molecular flexibility index (Phi) is 6.36. The van der Waals surface area contributed by atoms with Crippen molar-refractivity contribution in [2.75, 3.05) is 0 Å². The summed E-state index contributed by atoms with van der Waals surface area (Å²) in [7, 11) is 0. The number of aryl methyl sites for hydroxylation is 1. The quantitative estimate of drug-likeness (QED) is 0.406. The van der Waals surface area contributed by atoms with Gasteiger partial charge in [0.05, 0.1) is 6.04 Å². The molecule has 0 aliphatic carbocycles. The molecule has 146 valence electrons. The largest absolute Gasteiger partial charge is 0.345 e. The fourth-order valence-corrected chi connectivity index (χ4v) is 3.59. The van der Waals surface area contributed by atoms with E-state index >= 15 is 0 Å². The minimum atomic E-state index is -0.378. The molecule has 0 unspecified atom stereocenters. The van der Waals surface area contributed by atoms with Gasteiger partial charge in [0.15, 0.2) is 0 Å². The number of nitriles is 1. The third-order valence-corrected chi connectivity index (χ3v) is 5.40. The van der Waals surface area contributed by atoms with Crippen LogP contribution in [0.3, 0.4) is 0 Å². The number of halogens is 1. The highest BCUT2D eigenvalue weighted by molar-refractivity contribution is 9.10. The van der Waals surface area contributed by atoms with Crippen LogP contribution in [0.25, 0.3) is 11.8 Å². The van der Waals surface area contributed by atoms with Gasteiger partial charge in [0.25, 0.3) is 5.91 Å². The van der Waals surface area contributed by atoms with Gasteiger partial charge in [0.2, 0.25) is 0 Å². The molecule has 0 saturated heterocycles. The van der Waals surface area contributed by atoms with Gasteiger partial charge in [0, 0.05) is 21.5 Å². The molecule has 1 heterocycles. The van der Waals surface area contributed by atoms with Crippen molar-refractivity contribution in [2.24, 2.45) is 0 Å². The molecule has 3 rings (SSSR count). The zero-order chi connectivity index (χ0) is 21.0. The van der Waals surface area contributed by atoms with Crippen LogP contribution in [0, 0.1) is 25.2 Å². The molecule has 0 fully saturated rings. The van der Waals surface area contributed by atoms with Crippen molar-refractivity contribution >= 4 is 27.9 Å². The van der Waals surface area contributed by atoms with Gasteiger partial charge in [-0.05, 0) is 68.3 Å². The van der Waals surface area contributed by atoms with E-state index in [1.165, 1.54) is 0 Å². The van der Waals surface area contributed by atoms with E-state index in [4.69, 9.17) is 0 Å². The average Bonchev–Trinajstić information content (AvgIpc) is 3.00. The summed E-state index contributed by atoms with van der Waals surface area (Å²) < 4.78 is 3.12. The molecule has 0 saturated carbocycles. The molecule has 1 N–H and O–H groups in total. The van der Waals surface area contributed by atoms with Crippen molar-refractivity contribution < 1.29 is 4.79 Å². The minimum absolute atomic E-state index is 0.0869. The molecular weight excluding hydrogens is 426 g/mol. The monoisotopic (exact) mass is 447 g/mol. The Hall–Kier alpha value is -3.10. The van der Waals surface area contributed by atoms with Gasteiger partial charge in [0.1, 0.15) is 11.6 Å². The summed E-state index contributed by atoms with van der Waals surface area (Å²) in [5, 5.41) is 12.5. The number of carbonyl (C=O) groups excluding carboxylic acids is 1. The Bertz CT molecular complexity index is 1090. The first-order chi connectivity index (χ1) is 13.9. The predicted molar refractivity (Wildman–Crippen MR) is 120 cm³/mol. The van der Waals surface area contributed by atoms with Crippen LogP contribution in [-0.2, 0) is 4.79 Å². The van der Waals surface area contributed by atoms with E-state index in [0.29, 0.717) is 0 Å². The summed E-state index contributed by atoms with van der Waals surface area (Å²) in [4.78, 5) is 12.7. The van der Waals surface area contributed by atoms with Crippen molar-refractivity contribution in [3.05, 3.63) is 93.2 Å². The highest BCUT2D eigenvalue weighted by Gasteiger charge is 2.16. The Balaban J connectivity index is 1.88. The van der Waals surface area contributed by atoms with E-state index in [1.54, 1.807) is 6.08 Å². The Morgan fingerprint density at radius 1 is 1.14 bits per heavy atom. The van der Waals surface area contributed by atoms with E-state index in [9.17, 15) is 10.1 Å². The number of nitrogens with one attached hydrogen (secondary N) is 1. The topological polar surface area (TPSA) is 57.8 Å². The van der Waals surface area contributed by atoms with Crippen LogP contribution < -0.4 is 5.32 Å². The van der Waals surface area contributed by atoms with Gasteiger partial charge in [-0.1, -0.05) is 46.3 Å². The lowest BCUT2D eigenvalue weighted by Gasteiger charge is -2.13. The summed E-state index contributed by atoms with van der Waals surface area (Å²) in [6.45, 7) is 5.90. The van der Waals surface area contributed by atoms with Crippen molar-refractivity contribution in [2.45, 2.75) is 26.8 Å². The van der Waals surface area contributed by atoms with Crippen LogP contribution in [0.5, 0.6) is 0 Å². The fraction of sp³-hybridized carbons (Fsp3) is 0.167. The Morgan fingerprint density at radius 2 is 1.79 bits per heavy atom. The standard InChI is InChI=1S/C24H22BrN3O/c1-16-13-20(18(3)28(16)23-11-9-22(25)10-12-23)14-21(15-26)24(29)27-17(2)19-7-5-4-6-8-19/h4-14,17H,1-3H3,(H,27,29)/b21-14+/t17-/m1/s1. The van der Waals surface area contributed by atoms with Crippen molar-refractivity contribution in [1.82, 2.24) is 9.88 Å². The second-order valence-electron chi connectivity index (χ2n) is 6.91. The molecule has 1 atom stereocenters. The Labute approximate surface area is 179 Å². The molecule has 29 heavy (non-hydrogen) atoms. The van der Waals surface area contributed by atoms with Gasteiger partial charge in [-0.3, -0.25) is 4.79 Å². The van der Waals surface area contributed by atoms with Crippen LogP contribution in [0.4, 0.5) is 0 Å². The lowest BCUT2D eigenvalue weighted by molar-refractivity contribution is -0.117. The summed E-state index contributed by atoms with van der Waals surface area (Å²) >= 11 is 3.46. The summed E-state index contributed by atoms with van der Waals surface area (Å²) in [5.74, 6) is -0.378. The zero-order valence-corrected chi connectivity index (χ0v) is 18.2. The summed E-state index contributed by atoms with van der Waals surface area (Å²) in [6.07, 6.45) is 1.66. The van der Waals surface area contributed by atoms with Crippen LogP contribution >= 0.6 is 15.9 Å². The van der Waals surface area contributed by atoms with E-state index in [-0.39, 0.29) is 17.5 Å². The Morgan fingerprint density at radius 3 is 2.41 bits per heavy atom. The van der Waals surface area contributed by atoms with Crippen LogP contribution in [0.15, 0.2) is 70.7 Å². The van der Waals surface area contributed by atoms with Gasteiger partial charge < -0.3 is 9.88 Å². The number of hydrogen-bond donors (Lipinski definition) is 1. The lowest BCUT2D eigenvalue weighted by atomic mass is 10.1. The number of benzene rings is 2. The molecule has 0 radical (unpaired) electrons. The molecule has 2 aromatic carbocycles. The maximum Gasteiger partial charge on any atom is 0.262 e. The maximum absolute atomic E-state index is 12.7. The zero-order valence-electron chi connectivity index (χ0n) is 16.6. The summed E-state index contributed by atoms with van der Waals surface area (Å²) in [5.41, 5.74) is 4.97. The molecule has 3 aromatic rings. The first kappa shape index (κ1) is 20.6. The minimum Gasteiger partial charge on any atom is -0.345 e. The number of amides is 1. The van der Waals surface area contributed by atoms with E-state index in [1.807, 2.05) is 87.5 Å². The molecular formula is C24H22BrN3O. The van der Waals surface area contributed by atoms with E-state index in [0.717, 1.165) is 32.7 Å². The second kappa shape index (κ2) is 8.93. The number of rotatable bonds is 5. The van der Waals surface area contributed by atoms with Gasteiger partial charge in [-0.25, -0.2) is 0 Å². The first-order valence-corrected chi connectivity index (χ1v) is 10.1. The van der Waals surface area contributed by atoms with E-state index < -0.39 is 0 Å². The van der Waals surface area contributed by atoms with Gasteiger partial charge >= 0.3 is 0 Å². The fourth-order valence-electron chi connectivity index (χ4n) is 3.32. The molecule has 0 aliphatic rings. The molecule has 1 aromatic heterocycles. The molecule has 4 nitrogen and oxygen atoms in total. The van der Waals surface area contributed by atoms with Gasteiger partial charge in [-0.15, -0.1) is 0 Å². The normalized spacial score (nSPS) is 12.3. The molecule has 0 bridgehead atoms. The van der Waals surface area contributed by atoms with Crippen LogP contribution in [0.2, 0.25) is 0 Å². The van der Waals surface area contributed by atoms with Crippen molar-refractivity contribution in [1.29, 1.82) is 5.26 Å². The highest BCUT2D eigenvalue weighted by Crippen LogP contribution is 2.24. The smallest absolute Gasteiger partial charge is 0.262 e. The number of hydrogen-bond acceptors (Lipinski definition) is 2. The molecule has 0 aliphatic heterocycles. The first-order valence-electron chi connectivity index (χ1n) is 9.33. The molecule has 5 heteroatoms. The maximum atomic E-state index is 12.7. The molecule has 0 spiro atoms. The number of nitrogens with zero attached hydrogens (tertiary/aromatic N) is 2. The molecule has 1 amide bonds. The number of aromatic nitrogens is 1. The van der Waals surface area contributed by atoms with Crippen LogP contribution in [-0.4, -0.2) is 10.5 Å². The lowest BCUT2D eigenvalue weighted by Crippen LogP contribution is -2.27. The van der Waals surface area contributed by atoms with Crippen molar-refractivity contribution in [3.63, 3.8) is 0 Å².